The van der Waals surface area contributed by atoms with Gasteiger partial charge in [0.25, 0.3) is 0 Å². The van der Waals surface area contributed by atoms with Crippen LogP contribution in [0.15, 0.2) is 24.3 Å². The van der Waals surface area contributed by atoms with Gasteiger partial charge in [0.2, 0.25) is 5.91 Å². The fraction of sp³-hybridized carbons (Fsp3) is 0.462. The number of hydrogen-bond acceptors (Lipinski definition) is 3. The van der Waals surface area contributed by atoms with Gasteiger partial charge in [0.05, 0.1) is 11.9 Å². The first-order valence-corrected chi connectivity index (χ1v) is 6.81. The minimum Gasteiger partial charge on any atom is -0.384 e. The molecular formula is C13H18FNO2S. The van der Waals surface area contributed by atoms with Crippen molar-refractivity contribution in [2.24, 2.45) is 0 Å². The number of benzene rings is 1. The van der Waals surface area contributed by atoms with E-state index in [0.717, 1.165) is 11.3 Å². The predicted octanol–water partition coefficient (Wildman–Crippen LogP) is 2.21. The van der Waals surface area contributed by atoms with E-state index in [-0.39, 0.29) is 17.0 Å². The maximum atomic E-state index is 12.7. The lowest BCUT2D eigenvalue weighted by Crippen LogP contribution is -2.30. The van der Waals surface area contributed by atoms with Crippen molar-refractivity contribution in [3.05, 3.63) is 35.6 Å². The van der Waals surface area contributed by atoms with Gasteiger partial charge in [-0.3, -0.25) is 4.79 Å². The number of carbonyl (C=O) groups excluding carboxylic acids is 1. The molecule has 1 N–H and O–H groups in total. The van der Waals surface area contributed by atoms with Crippen molar-refractivity contribution in [2.45, 2.75) is 18.7 Å². The van der Waals surface area contributed by atoms with Crippen LogP contribution < -0.4 is 5.32 Å². The Kier molecular flexibility index (Phi) is 6.75. The summed E-state index contributed by atoms with van der Waals surface area (Å²) in [4.78, 5) is 11.7. The predicted molar refractivity (Wildman–Crippen MR) is 72.0 cm³/mol. The van der Waals surface area contributed by atoms with Gasteiger partial charge in [0, 0.05) is 19.4 Å². The maximum Gasteiger partial charge on any atom is 0.233 e. The molecule has 0 aromatic heterocycles. The van der Waals surface area contributed by atoms with Crippen LogP contribution in [0.3, 0.4) is 0 Å². The fourth-order valence-electron chi connectivity index (χ4n) is 1.32. The first-order valence-electron chi connectivity index (χ1n) is 5.76. The van der Waals surface area contributed by atoms with Crippen LogP contribution in [0.2, 0.25) is 0 Å². The molecule has 1 amide bonds. The zero-order chi connectivity index (χ0) is 13.4. The highest BCUT2D eigenvalue weighted by Crippen LogP contribution is 2.10. The van der Waals surface area contributed by atoms with Crippen LogP contribution in [0.5, 0.6) is 0 Å². The second-order valence-electron chi connectivity index (χ2n) is 3.85. The minimum atomic E-state index is -0.270. The number of ether oxygens (including phenoxy) is 1. The van der Waals surface area contributed by atoms with Crippen LogP contribution in [-0.2, 0) is 16.1 Å². The Morgan fingerprint density at radius 3 is 2.72 bits per heavy atom. The normalized spacial score (nSPS) is 12.2. The Morgan fingerprint density at radius 1 is 1.44 bits per heavy atom. The summed E-state index contributed by atoms with van der Waals surface area (Å²) in [5.74, 6) is 0.510. The van der Waals surface area contributed by atoms with E-state index in [1.165, 1.54) is 12.1 Å². The molecule has 3 nitrogen and oxygen atoms in total. The summed E-state index contributed by atoms with van der Waals surface area (Å²) in [5.41, 5.74) is 0.888. The molecule has 1 aromatic rings. The van der Waals surface area contributed by atoms with Crippen molar-refractivity contribution in [1.82, 2.24) is 5.32 Å². The van der Waals surface area contributed by atoms with Crippen LogP contribution in [-0.4, -0.2) is 30.6 Å². The Hall–Kier alpha value is -1.07. The third-order valence-corrected chi connectivity index (χ3v) is 3.52. The van der Waals surface area contributed by atoms with Gasteiger partial charge in [-0.15, -0.1) is 11.8 Å². The molecule has 1 aromatic carbocycles. The van der Waals surface area contributed by atoms with Crippen molar-refractivity contribution < 1.29 is 13.9 Å². The Labute approximate surface area is 111 Å². The van der Waals surface area contributed by atoms with Crippen molar-refractivity contribution in [3.8, 4) is 0 Å². The molecule has 0 saturated carbocycles. The molecule has 1 rings (SSSR count). The van der Waals surface area contributed by atoms with E-state index >= 15 is 0 Å². The van der Waals surface area contributed by atoms with Gasteiger partial charge in [0.15, 0.2) is 0 Å². The van der Waals surface area contributed by atoms with Crippen LogP contribution in [0.4, 0.5) is 4.39 Å². The SMILES string of the molecule is COCCS[C@H](C)C(=O)NCc1ccc(F)cc1. The van der Waals surface area contributed by atoms with Crippen LogP contribution >= 0.6 is 11.8 Å². The Morgan fingerprint density at radius 2 is 2.11 bits per heavy atom. The summed E-state index contributed by atoms with van der Waals surface area (Å²) in [6.45, 7) is 2.93. The van der Waals surface area contributed by atoms with E-state index in [0.29, 0.717) is 13.2 Å². The molecule has 5 heteroatoms. The third kappa shape index (κ3) is 5.51. The molecule has 0 spiro atoms. The molecule has 0 unspecified atom stereocenters. The molecule has 0 bridgehead atoms. The highest BCUT2D eigenvalue weighted by atomic mass is 32.2. The number of rotatable bonds is 7. The zero-order valence-electron chi connectivity index (χ0n) is 10.6. The fourth-order valence-corrected chi connectivity index (χ4v) is 2.17. The van der Waals surface area contributed by atoms with E-state index < -0.39 is 0 Å². The van der Waals surface area contributed by atoms with E-state index in [4.69, 9.17) is 4.74 Å². The number of amides is 1. The topological polar surface area (TPSA) is 38.3 Å². The van der Waals surface area contributed by atoms with Crippen LogP contribution in [0, 0.1) is 5.82 Å². The second kappa shape index (κ2) is 8.11. The highest BCUT2D eigenvalue weighted by Gasteiger charge is 2.12. The van der Waals surface area contributed by atoms with E-state index in [1.807, 2.05) is 6.92 Å². The van der Waals surface area contributed by atoms with Crippen molar-refractivity contribution in [3.63, 3.8) is 0 Å². The summed E-state index contributed by atoms with van der Waals surface area (Å²) in [6, 6.07) is 6.10. The van der Waals surface area contributed by atoms with E-state index in [9.17, 15) is 9.18 Å². The maximum absolute atomic E-state index is 12.7. The summed E-state index contributed by atoms with van der Waals surface area (Å²) >= 11 is 1.55. The first-order chi connectivity index (χ1) is 8.63. The zero-order valence-corrected chi connectivity index (χ0v) is 11.4. The second-order valence-corrected chi connectivity index (χ2v) is 5.30. The van der Waals surface area contributed by atoms with Gasteiger partial charge in [-0.25, -0.2) is 4.39 Å². The number of thioether (sulfide) groups is 1. The molecule has 0 heterocycles. The van der Waals surface area contributed by atoms with Gasteiger partial charge in [0.1, 0.15) is 5.82 Å². The van der Waals surface area contributed by atoms with Crippen molar-refractivity contribution in [1.29, 1.82) is 0 Å². The van der Waals surface area contributed by atoms with Gasteiger partial charge >= 0.3 is 0 Å². The number of carbonyl (C=O) groups is 1. The molecule has 0 aliphatic heterocycles. The van der Waals surface area contributed by atoms with Crippen molar-refractivity contribution in [2.75, 3.05) is 19.5 Å². The quantitative estimate of drug-likeness (QED) is 0.773. The van der Waals surface area contributed by atoms with Crippen LogP contribution in [0.25, 0.3) is 0 Å². The van der Waals surface area contributed by atoms with Gasteiger partial charge < -0.3 is 10.1 Å². The van der Waals surface area contributed by atoms with Gasteiger partial charge in [-0.1, -0.05) is 12.1 Å². The molecule has 0 fully saturated rings. The first kappa shape index (κ1) is 15.0. The molecule has 18 heavy (non-hydrogen) atoms. The largest absolute Gasteiger partial charge is 0.384 e. The molecule has 0 aliphatic carbocycles. The average molecular weight is 271 g/mol. The molecule has 1 atom stereocenters. The Bertz CT molecular complexity index is 370. The van der Waals surface area contributed by atoms with Crippen LogP contribution in [0.1, 0.15) is 12.5 Å². The lowest BCUT2D eigenvalue weighted by molar-refractivity contribution is -0.120. The van der Waals surface area contributed by atoms with E-state index in [2.05, 4.69) is 5.32 Å². The van der Waals surface area contributed by atoms with Gasteiger partial charge in [-0.2, -0.15) is 0 Å². The Balaban J connectivity index is 2.29. The lowest BCUT2D eigenvalue weighted by atomic mass is 10.2. The highest BCUT2D eigenvalue weighted by molar-refractivity contribution is 8.00. The summed E-state index contributed by atoms with van der Waals surface area (Å²) in [5, 5.41) is 2.71. The summed E-state index contributed by atoms with van der Waals surface area (Å²) in [7, 11) is 1.64. The molecular weight excluding hydrogens is 253 g/mol. The van der Waals surface area contributed by atoms with Gasteiger partial charge in [-0.05, 0) is 24.6 Å². The smallest absolute Gasteiger partial charge is 0.233 e. The third-order valence-electron chi connectivity index (χ3n) is 2.40. The van der Waals surface area contributed by atoms with Crippen molar-refractivity contribution >= 4 is 17.7 Å². The molecule has 0 aliphatic rings. The monoisotopic (exact) mass is 271 g/mol. The minimum absolute atomic E-state index is 0.0135. The number of nitrogens with one attached hydrogen (secondary N) is 1. The molecule has 100 valence electrons. The number of halogens is 1. The molecule has 0 radical (unpaired) electrons. The summed E-state index contributed by atoms with van der Waals surface area (Å²) in [6.07, 6.45) is 0. The lowest BCUT2D eigenvalue weighted by Gasteiger charge is -2.11. The molecule has 0 saturated heterocycles. The standard InChI is InChI=1S/C13H18FNO2S/c1-10(18-8-7-17-2)13(16)15-9-11-3-5-12(14)6-4-11/h3-6,10H,7-9H2,1-2H3,(H,15,16)/t10-/m1/s1. The number of hydrogen-bond donors (Lipinski definition) is 1. The summed E-state index contributed by atoms with van der Waals surface area (Å²) < 4.78 is 17.6. The van der Waals surface area contributed by atoms with E-state index in [1.54, 1.807) is 31.0 Å². The number of methoxy groups -OCH3 is 1. The average Bonchev–Trinajstić information content (AvgIpc) is 2.38.